The van der Waals surface area contributed by atoms with Crippen LogP contribution in [0.5, 0.6) is 5.75 Å². The van der Waals surface area contributed by atoms with Gasteiger partial charge in [0.15, 0.2) is 5.75 Å². The summed E-state index contributed by atoms with van der Waals surface area (Å²) in [4.78, 5) is 0. The van der Waals surface area contributed by atoms with Crippen LogP contribution in [0.25, 0.3) is 0 Å². The Morgan fingerprint density at radius 1 is 1.27 bits per heavy atom. The Kier molecular flexibility index (Phi) is 2.64. The van der Waals surface area contributed by atoms with Gasteiger partial charge in [-0.25, -0.2) is 0 Å². The molecule has 0 aromatic heterocycles. The number of rotatable bonds is 1. The molecule has 0 saturated heterocycles. The van der Waals surface area contributed by atoms with Crippen molar-refractivity contribution in [3.05, 3.63) is 28.2 Å². The molecule has 1 aromatic rings. The van der Waals surface area contributed by atoms with E-state index < -0.39 is 0 Å². The van der Waals surface area contributed by atoms with Gasteiger partial charge in [-0.1, -0.05) is 35.7 Å². The van der Waals surface area contributed by atoms with E-state index in [0.717, 1.165) is 0 Å². The van der Waals surface area contributed by atoms with E-state index in [-0.39, 0.29) is 0 Å². The first-order valence-electron chi connectivity index (χ1n) is 2.82. The summed E-state index contributed by atoms with van der Waals surface area (Å²) in [5.41, 5.74) is 0. The second kappa shape index (κ2) is 3.52. The highest BCUT2D eigenvalue weighted by Crippen LogP contribution is 2.31. The molecule has 0 N–H and O–H groups in total. The fraction of sp³-hybridized carbons (Fsp3) is 0. The average Bonchev–Trinajstić information content (AvgIpc) is 1.97. The van der Waals surface area contributed by atoms with Crippen LogP contribution in [-0.4, -0.2) is 0 Å². The molecule has 0 saturated carbocycles. The zero-order chi connectivity index (χ0) is 8.27. The molecule has 0 aliphatic rings. The Morgan fingerprint density at radius 3 is 2.27 bits per heavy atom. The van der Waals surface area contributed by atoms with Gasteiger partial charge in [0, 0.05) is 0 Å². The summed E-state index contributed by atoms with van der Waals surface area (Å²) in [6, 6.07) is 5.02. The van der Waals surface area contributed by atoms with Crippen molar-refractivity contribution in [3.63, 3.8) is 0 Å². The maximum absolute atomic E-state index is 5.70. The second-order valence-corrected chi connectivity index (χ2v) is 2.59. The lowest BCUT2D eigenvalue weighted by Crippen LogP contribution is -1.83. The Morgan fingerprint density at radius 2 is 1.82 bits per heavy atom. The fourth-order valence-electron chi connectivity index (χ4n) is 0.639. The highest BCUT2D eigenvalue weighted by molar-refractivity contribution is 6.37. The molecule has 56 valence electrons. The van der Waals surface area contributed by atoms with Crippen molar-refractivity contribution >= 4 is 23.2 Å². The Bertz CT molecular complexity index is 281. The molecule has 0 heterocycles. The van der Waals surface area contributed by atoms with E-state index in [1.165, 1.54) is 0 Å². The van der Waals surface area contributed by atoms with Gasteiger partial charge >= 0.3 is 0 Å². The van der Waals surface area contributed by atoms with Crippen LogP contribution < -0.4 is 4.74 Å². The third kappa shape index (κ3) is 1.80. The molecular formula is C8H4Cl2O. The number of hydrogen-bond acceptors (Lipinski definition) is 1. The SMILES string of the molecule is C#COc1c(Cl)cccc1Cl. The van der Waals surface area contributed by atoms with Gasteiger partial charge in [0.1, 0.15) is 6.11 Å². The summed E-state index contributed by atoms with van der Waals surface area (Å²) in [6.45, 7) is 0. The number of para-hydroxylation sites is 1. The average molecular weight is 187 g/mol. The van der Waals surface area contributed by atoms with Gasteiger partial charge in [-0.2, -0.15) is 0 Å². The molecule has 3 heteroatoms. The standard InChI is InChI=1S/C8H4Cl2O/c1-2-11-8-6(9)4-3-5-7(8)10/h1,3-5H. The minimum atomic E-state index is 0.332. The van der Waals surface area contributed by atoms with Crippen LogP contribution in [0.15, 0.2) is 18.2 Å². The van der Waals surface area contributed by atoms with E-state index in [4.69, 9.17) is 34.4 Å². The third-order valence-electron chi connectivity index (χ3n) is 1.08. The molecule has 0 atom stereocenters. The van der Waals surface area contributed by atoms with Crippen molar-refractivity contribution < 1.29 is 4.74 Å². The smallest absolute Gasteiger partial charge is 0.177 e. The van der Waals surface area contributed by atoms with Crippen molar-refractivity contribution in [1.29, 1.82) is 0 Å². The Hall–Kier alpha value is -0.840. The van der Waals surface area contributed by atoms with Crippen molar-refractivity contribution in [2.45, 2.75) is 0 Å². The number of ether oxygens (including phenoxy) is 1. The maximum atomic E-state index is 5.70. The summed E-state index contributed by atoms with van der Waals surface area (Å²) < 4.78 is 4.73. The van der Waals surface area contributed by atoms with Gasteiger partial charge in [-0.3, -0.25) is 0 Å². The predicted molar refractivity (Wildman–Crippen MR) is 45.9 cm³/mol. The predicted octanol–water partition coefficient (Wildman–Crippen LogP) is 2.96. The largest absolute Gasteiger partial charge is 0.405 e. The monoisotopic (exact) mass is 186 g/mol. The number of benzene rings is 1. The van der Waals surface area contributed by atoms with E-state index >= 15 is 0 Å². The molecule has 0 radical (unpaired) electrons. The minimum absolute atomic E-state index is 0.332. The third-order valence-corrected chi connectivity index (χ3v) is 1.68. The van der Waals surface area contributed by atoms with Crippen LogP contribution in [0.3, 0.4) is 0 Å². The molecular weight excluding hydrogens is 183 g/mol. The van der Waals surface area contributed by atoms with Crippen molar-refractivity contribution in [1.82, 2.24) is 0 Å². The van der Waals surface area contributed by atoms with Gasteiger partial charge in [0.2, 0.25) is 0 Å². The van der Waals surface area contributed by atoms with Crippen LogP contribution in [0.4, 0.5) is 0 Å². The highest BCUT2D eigenvalue weighted by atomic mass is 35.5. The molecule has 0 aliphatic heterocycles. The molecule has 0 fully saturated rings. The maximum Gasteiger partial charge on any atom is 0.177 e. The molecule has 0 unspecified atom stereocenters. The molecule has 1 rings (SSSR count). The van der Waals surface area contributed by atoms with Gasteiger partial charge in [-0.15, -0.1) is 0 Å². The lowest BCUT2D eigenvalue weighted by Gasteiger charge is -2.01. The van der Waals surface area contributed by atoms with Gasteiger partial charge in [0.05, 0.1) is 10.0 Å². The summed E-state index contributed by atoms with van der Waals surface area (Å²) in [7, 11) is 0. The van der Waals surface area contributed by atoms with Gasteiger partial charge in [0.25, 0.3) is 0 Å². The molecule has 1 aromatic carbocycles. The minimum Gasteiger partial charge on any atom is -0.405 e. The van der Waals surface area contributed by atoms with Crippen LogP contribution in [0.1, 0.15) is 0 Å². The molecule has 0 amide bonds. The van der Waals surface area contributed by atoms with Crippen molar-refractivity contribution in [3.8, 4) is 18.3 Å². The van der Waals surface area contributed by atoms with Crippen molar-refractivity contribution in [2.24, 2.45) is 0 Å². The van der Waals surface area contributed by atoms with Gasteiger partial charge in [-0.05, 0) is 12.1 Å². The van der Waals surface area contributed by atoms with E-state index in [2.05, 4.69) is 0 Å². The van der Waals surface area contributed by atoms with Gasteiger partial charge < -0.3 is 4.74 Å². The molecule has 0 bridgehead atoms. The van der Waals surface area contributed by atoms with Crippen LogP contribution in [0.2, 0.25) is 10.0 Å². The van der Waals surface area contributed by atoms with E-state index in [9.17, 15) is 0 Å². The van der Waals surface area contributed by atoms with Crippen LogP contribution in [0, 0.1) is 12.5 Å². The number of hydrogen-bond donors (Lipinski definition) is 0. The summed E-state index contributed by atoms with van der Waals surface area (Å²) in [5.74, 6) is 0.332. The summed E-state index contributed by atoms with van der Waals surface area (Å²) >= 11 is 11.4. The first kappa shape index (κ1) is 8.26. The molecule has 1 nitrogen and oxygen atoms in total. The Labute approximate surface area is 74.9 Å². The van der Waals surface area contributed by atoms with Crippen molar-refractivity contribution in [2.75, 3.05) is 0 Å². The Balaban J connectivity index is 3.12. The second-order valence-electron chi connectivity index (χ2n) is 1.77. The molecule has 0 aliphatic carbocycles. The number of halogens is 2. The van der Waals surface area contributed by atoms with Crippen LogP contribution in [-0.2, 0) is 0 Å². The highest BCUT2D eigenvalue weighted by Gasteiger charge is 2.04. The van der Waals surface area contributed by atoms with E-state index in [1.54, 1.807) is 18.2 Å². The molecule has 11 heavy (non-hydrogen) atoms. The quantitative estimate of drug-likeness (QED) is 0.614. The fourth-order valence-corrected chi connectivity index (χ4v) is 1.11. The lowest BCUT2D eigenvalue weighted by molar-refractivity contribution is 0.521. The first-order chi connectivity index (χ1) is 5.25. The number of terminal acetylenes is 1. The van der Waals surface area contributed by atoms with Crippen LogP contribution >= 0.6 is 23.2 Å². The first-order valence-corrected chi connectivity index (χ1v) is 3.57. The zero-order valence-electron chi connectivity index (χ0n) is 5.47. The zero-order valence-corrected chi connectivity index (χ0v) is 6.99. The van der Waals surface area contributed by atoms with E-state index in [0.29, 0.717) is 15.8 Å². The lowest BCUT2D eigenvalue weighted by atomic mass is 10.3. The summed E-state index contributed by atoms with van der Waals surface area (Å²) in [5, 5.41) is 0.825. The van der Waals surface area contributed by atoms with E-state index in [1.807, 2.05) is 6.11 Å². The normalized spacial score (nSPS) is 8.82. The summed E-state index contributed by atoms with van der Waals surface area (Å²) in [6.07, 6.45) is 6.91. The topological polar surface area (TPSA) is 9.23 Å². The molecule has 0 spiro atoms.